The van der Waals surface area contributed by atoms with Crippen LogP contribution in [-0.2, 0) is 0 Å². The van der Waals surface area contributed by atoms with E-state index in [2.05, 4.69) is 4.98 Å². The highest BCUT2D eigenvalue weighted by atomic mass is 19.2. The van der Waals surface area contributed by atoms with Crippen molar-refractivity contribution in [2.24, 2.45) is 0 Å². The van der Waals surface area contributed by atoms with Crippen molar-refractivity contribution in [3.05, 3.63) is 41.6 Å². The zero-order valence-corrected chi connectivity index (χ0v) is 7.00. The Labute approximate surface area is 78.2 Å². The van der Waals surface area contributed by atoms with Gasteiger partial charge in [0.05, 0.1) is 5.52 Å². The molecule has 0 aliphatic rings. The Morgan fingerprint density at radius 1 is 1.14 bits per heavy atom. The van der Waals surface area contributed by atoms with Crippen LogP contribution < -0.4 is 0 Å². The molecule has 0 amide bonds. The molecule has 0 spiro atoms. The summed E-state index contributed by atoms with van der Waals surface area (Å²) in [6.07, 6.45) is 0.556. The molecule has 2 nitrogen and oxygen atoms in total. The van der Waals surface area contributed by atoms with E-state index in [1.54, 1.807) is 0 Å². The number of aldehydes is 1. The van der Waals surface area contributed by atoms with Crippen molar-refractivity contribution in [2.45, 2.75) is 0 Å². The minimum atomic E-state index is -0.938. The maximum Gasteiger partial charge on any atom is 0.168 e. The quantitative estimate of drug-likeness (QED) is 0.650. The van der Waals surface area contributed by atoms with E-state index in [1.165, 1.54) is 18.2 Å². The summed E-state index contributed by atoms with van der Waals surface area (Å²) in [6.45, 7) is 0. The van der Waals surface area contributed by atoms with Gasteiger partial charge in [-0.3, -0.25) is 4.79 Å². The first-order valence-corrected chi connectivity index (χ1v) is 3.92. The van der Waals surface area contributed by atoms with Gasteiger partial charge >= 0.3 is 0 Å². The molecule has 4 heteroatoms. The standard InChI is InChI=1S/C10H5F2NO/c11-8-3-4-9-7(10(8)12)2-1-6(5-14)13-9/h1-5H. The summed E-state index contributed by atoms with van der Waals surface area (Å²) in [6, 6.07) is 5.00. The third-order valence-electron chi connectivity index (χ3n) is 1.90. The lowest BCUT2D eigenvalue weighted by Gasteiger charge is -1.99. The molecule has 0 saturated carbocycles. The smallest absolute Gasteiger partial charge is 0.168 e. The zero-order valence-electron chi connectivity index (χ0n) is 7.00. The van der Waals surface area contributed by atoms with Gasteiger partial charge in [-0.1, -0.05) is 0 Å². The third kappa shape index (κ3) is 1.25. The summed E-state index contributed by atoms with van der Waals surface area (Å²) in [4.78, 5) is 14.2. The molecule has 2 aromatic rings. The molecule has 1 heterocycles. The second-order valence-electron chi connectivity index (χ2n) is 2.78. The van der Waals surface area contributed by atoms with Gasteiger partial charge in [-0.05, 0) is 24.3 Å². The van der Waals surface area contributed by atoms with Crippen LogP contribution in [0.1, 0.15) is 10.5 Å². The predicted molar refractivity (Wildman–Crippen MR) is 47.0 cm³/mol. The lowest BCUT2D eigenvalue weighted by atomic mass is 10.2. The Morgan fingerprint density at radius 2 is 1.93 bits per heavy atom. The van der Waals surface area contributed by atoms with Gasteiger partial charge in [0, 0.05) is 5.39 Å². The summed E-state index contributed by atoms with van der Waals surface area (Å²) in [5.41, 5.74) is 0.469. The molecule has 0 aliphatic heterocycles. The summed E-state index contributed by atoms with van der Waals surface area (Å²) in [5.74, 6) is -1.86. The van der Waals surface area contributed by atoms with E-state index in [-0.39, 0.29) is 16.6 Å². The number of benzene rings is 1. The fourth-order valence-electron chi connectivity index (χ4n) is 1.22. The molecule has 0 fully saturated rings. The minimum absolute atomic E-state index is 0.0793. The second-order valence-corrected chi connectivity index (χ2v) is 2.78. The number of fused-ring (bicyclic) bond motifs is 1. The van der Waals surface area contributed by atoms with Gasteiger partial charge in [0.25, 0.3) is 0 Å². The van der Waals surface area contributed by atoms with Crippen LogP contribution in [0, 0.1) is 11.6 Å². The predicted octanol–water partition coefficient (Wildman–Crippen LogP) is 2.33. The Hall–Kier alpha value is -1.84. The van der Waals surface area contributed by atoms with Crippen molar-refractivity contribution in [3.63, 3.8) is 0 Å². The van der Waals surface area contributed by atoms with Crippen molar-refractivity contribution < 1.29 is 13.6 Å². The first kappa shape index (κ1) is 8.74. The van der Waals surface area contributed by atoms with Crippen molar-refractivity contribution in [3.8, 4) is 0 Å². The number of aromatic nitrogens is 1. The molecule has 2 rings (SSSR count). The Morgan fingerprint density at radius 3 is 2.64 bits per heavy atom. The fourth-order valence-corrected chi connectivity index (χ4v) is 1.22. The third-order valence-corrected chi connectivity index (χ3v) is 1.90. The van der Waals surface area contributed by atoms with Crippen LogP contribution >= 0.6 is 0 Å². The molecular formula is C10H5F2NO. The van der Waals surface area contributed by atoms with Crippen LogP contribution in [0.4, 0.5) is 8.78 Å². The van der Waals surface area contributed by atoms with Crippen molar-refractivity contribution in [1.29, 1.82) is 0 Å². The summed E-state index contributed by atoms with van der Waals surface area (Å²) >= 11 is 0. The molecule has 70 valence electrons. The number of rotatable bonds is 1. The van der Waals surface area contributed by atoms with Crippen molar-refractivity contribution >= 4 is 17.2 Å². The molecular weight excluding hydrogens is 188 g/mol. The largest absolute Gasteiger partial charge is 0.296 e. The Bertz CT molecular complexity index is 511. The molecule has 0 atom stereocenters. The first-order chi connectivity index (χ1) is 6.72. The molecule has 0 radical (unpaired) electrons. The molecule has 0 aliphatic carbocycles. The maximum atomic E-state index is 13.1. The van der Waals surface area contributed by atoms with Crippen LogP contribution in [0.15, 0.2) is 24.3 Å². The van der Waals surface area contributed by atoms with E-state index < -0.39 is 11.6 Å². The molecule has 1 aromatic heterocycles. The monoisotopic (exact) mass is 193 g/mol. The van der Waals surface area contributed by atoms with Crippen LogP contribution in [0.2, 0.25) is 0 Å². The molecule has 1 aromatic carbocycles. The van der Waals surface area contributed by atoms with E-state index >= 15 is 0 Å². The highest BCUT2D eigenvalue weighted by Crippen LogP contribution is 2.18. The fraction of sp³-hybridized carbons (Fsp3) is 0. The van der Waals surface area contributed by atoms with Crippen LogP contribution in [0.25, 0.3) is 10.9 Å². The van der Waals surface area contributed by atoms with Gasteiger partial charge in [0.2, 0.25) is 0 Å². The number of pyridine rings is 1. The summed E-state index contributed by atoms with van der Waals surface area (Å²) in [7, 11) is 0. The molecule has 0 saturated heterocycles. The van der Waals surface area contributed by atoms with Gasteiger partial charge in [0.1, 0.15) is 5.69 Å². The van der Waals surface area contributed by atoms with Gasteiger partial charge < -0.3 is 0 Å². The highest BCUT2D eigenvalue weighted by Gasteiger charge is 2.07. The molecule has 14 heavy (non-hydrogen) atoms. The SMILES string of the molecule is O=Cc1ccc2c(F)c(F)ccc2n1. The molecule has 0 unspecified atom stereocenters. The van der Waals surface area contributed by atoms with Crippen LogP contribution in [0.5, 0.6) is 0 Å². The highest BCUT2D eigenvalue weighted by molar-refractivity contribution is 5.83. The Balaban J connectivity index is 2.81. The average Bonchev–Trinajstić information content (AvgIpc) is 2.23. The van der Waals surface area contributed by atoms with Gasteiger partial charge in [-0.25, -0.2) is 13.8 Å². The first-order valence-electron chi connectivity index (χ1n) is 3.92. The average molecular weight is 193 g/mol. The van der Waals surface area contributed by atoms with Crippen molar-refractivity contribution in [1.82, 2.24) is 4.98 Å². The summed E-state index contributed by atoms with van der Waals surface area (Å²) < 4.78 is 25.9. The number of nitrogens with zero attached hydrogens (tertiary/aromatic N) is 1. The van der Waals surface area contributed by atoms with Crippen LogP contribution in [0.3, 0.4) is 0 Å². The lowest BCUT2D eigenvalue weighted by Crippen LogP contribution is -1.91. The maximum absolute atomic E-state index is 13.1. The van der Waals surface area contributed by atoms with E-state index in [1.807, 2.05) is 0 Å². The zero-order chi connectivity index (χ0) is 10.1. The van der Waals surface area contributed by atoms with Gasteiger partial charge in [0.15, 0.2) is 17.9 Å². The number of hydrogen-bond donors (Lipinski definition) is 0. The van der Waals surface area contributed by atoms with Crippen LogP contribution in [-0.4, -0.2) is 11.3 Å². The van der Waals surface area contributed by atoms with E-state index in [4.69, 9.17) is 0 Å². The molecule has 0 N–H and O–H groups in total. The van der Waals surface area contributed by atoms with Gasteiger partial charge in [-0.2, -0.15) is 0 Å². The number of hydrogen-bond acceptors (Lipinski definition) is 2. The summed E-state index contributed by atoms with van der Waals surface area (Å²) in [5, 5.41) is 0.0793. The Kier molecular flexibility index (Phi) is 1.96. The topological polar surface area (TPSA) is 30.0 Å². The van der Waals surface area contributed by atoms with E-state index in [0.29, 0.717) is 6.29 Å². The number of halogens is 2. The van der Waals surface area contributed by atoms with E-state index in [0.717, 1.165) is 6.07 Å². The number of carbonyl (C=O) groups is 1. The molecule has 0 bridgehead atoms. The minimum Gasteiger partial charge on any atom is -0.296 e. The normalized spacial score (nSPS) is 10.4. The van der Waals surface area contributed by atoms with Crippen molar-refractivity contribution in [2.75, 3.05) is 0 Å². The number of carbonyl (C=O) groups excluding carboxylic acids is 1. The van der Waals surface area contributed by atoms with E-state index in [9.17, 15) is 13.6 Å². The van der Waals surface area contributed by atoms with Gasteiger partial charge in [-0.15, -0.1) is 0 Å². The second kappa shape index (κ2) is 3.14. The lowest BCUT2D eigenvalue weighted by molar-refractivity contribution is 0.111.